The van der Waals surface area contributed by atoms with Crippen LogP contribution in [0.5, 0.6) is 0 Å². The van der Waals surface area contributed by atoms with Crippen molar-refractivity contribution in [2.75, 3.05) is 13.2 Å². The summed E-state index contributed by atoms with van der Waals surface area (Å²) >= 11 is 0. The Morgan fingerprint density at radius 2 is 2.31 bits per heavy atom. The molecule has 1 rings (SSSR count). The van der Waals surface area contributed by atoms with E-state index in [9.17, 15) is 4.79 Å². The molecular formula is C9H18N2O2. The van der Waals surface area contributed by atoms with Crippen LogP contribution < -0.4 is 11.1 Å². The number of nitrogens with one attached hydrogen (secondary N) is 1. The largest absolute Gasteiger partial charge is 0.379 e. The van der Waals surface area contributed by atoms with Gasteiger partial charge in [0, 0.05) is 6.61 Å². The SMILES string of the molecule is CC(C)[C@H](N)C(=O)NC1CCOC1. The van der Waals surface area contributed by atoms with Crippen molar-refractivity contribution in [3.63, 3.8) is 0 Å². The van der Waals surface area contributed by atoms with Gasteiger partial charge in [0.05, 0.1) is 18.7 Å². The van der Waals surface area contributed by atoms with Crippen molar-refractivity contribution in [3.05, 3.63) is 0 Å². The highest BCUT2D eigenvalue weighted by Crippen LogP contribution is 2.05. The molecule has 1 unspecified atom stereocenters. The number of carbonyl (C=O) groups is 1. The minimum Gasteiger partial charge on any atom is -0.379 e. The second-order valence-electron chi connectivity index (χ2n) is 3.84. The Balaban J connectivity index is 2.31. The first kappa shape index (κ1) is 10.5. The van der Waals surface area contributed by atoms with Gasteiger partial charge >= 0.3 is 0 Å². The molecule has 76 valence electrons. The Morgan fingerprint density at radius 3 is 2.77 bits per heavy atom. The Kier molecular flexibility index (Phi) is 3.69. The molecule has 1 fully saturated rings. The van der Waals surface area contributed by atoms with Gasteiger partial charge in [-0.25, -0.2) is 0 Å². The number of rotatable bonds is 3. The third kappa shape index (κ3) is 2.97. The first-order valence-corrected chi connectivity index (χ1v) is 4.75. The van der Waals surface area contributed by atoms with Crippen LogP contribution in [0.1, 0.15) is 20.3 Å². The summed E-state index contributed by atoms with van der Waals surface area (Å²) in [6, 6.07) is -0.238. The summed E-state index contributed by atoms with van der Waals surface area (Å²) < 4.78 is 5.14. The van der Waals surface area contributed by atoms with Crippen LogP contribution in [0.25, 0.3) is 0 Å². The van der Waals surface area contributed by atoms with Crippen LogP contribution in [0.4, 0.5) is 0 Å². The van der Waals surface area contributed by atoms with Gasteiger partial charge in [-0.15, -0.1) is 0 Å². The van der Waals surface area contributed by atoms with Crippen LogP contribution in [0.15, 0.2) is 0 Å². The summed E-state index contributed by atoms with van der Waals surface area (Å²) in [5.74, 6) is 0.118. The molecule has 0 spiro atoms. The normalized spacial score (nSPS) is 24.8. The fourth-order valence-corrected chi connectivity index (χ4v) is 1.25. The molecule has 0 aromatic heterocycles. The lowest BCUT2D eigenvalue weighted by Crippen LogP contribution is -2.48. The molecule has 1 heterocycles. The molecule has 0 saturated carbocycles. The standard InChI is InChI=1S/C9H18N2O2/c1-6(2)8(10)9(12)11-7-3-4-13-5-7/h6-8H,3-5,10H2,1-2H3,(H,11,12)/t7?,8-/m0/s1. The van der Waals surface area contributed by atoms with Gasteiger partial charge in [-0.1, -0.05) is 13.8 Å². The Morgan fingerprint density at radius 1 is 1.62 bits per heavy atom. The zero-order valence-electron chi connectivity index (χ0n) is 8.25. The van der Waals surface area contributed by atoms with Gasteiger partial charge < -0.3 is 15.8 Å². The number of hydrogen-bond donors (Lipinski definition) is 2. The number of ether oxygens (including phenoxy) is 1. The topological polar surface area (TPSA) is 64.4 Å². The Labute approximate surface area is 78.8 Å². The van der Waals surface area contributed by atoms with Crippen molar-refractivity contribution in [1.29, 1.82) is 0 Å². The zero-order chi connectivity index (χ0) is 9.84. The number of hydrogen-bond acceptors (Lipinski definition) is 3. The van der Waals surface area contributed by atoms with Gasteiger partial charge in [-0.2, -0.15) is 0 Å². The summed E-state index contributed by atoms with van der Waals surface area (Å²) in [5.41, 5.74) is 5.69. The molecule has 1 amide bonds. The van der Waals surface area contributed by atoms with Crippen molar-refractivity contribution in [1.82, 2.24) is 5.32 Å². The maximum Gasteiger partial charge on any atom is 0.237 e. The van der Waals surface area contributed by atoms with Gasteiger partial charge in [-0.3, -0.25) is 4.79 Å². The van der Waals surface area contributed by atoms with Crippen molar-refractivity contribution < 1.29 is 9.53 Å². The fraction of sp³-hybridized carbons (Fsp3) is 0.889. The molecule has 1 aliphatic heterocycles. The molecule has 3 N–H and O–H groups in total. The molecule has 1 aliphatic rings. The average molecular weight is 186 g/mol. The summed E-state index contributed by atoms with van der Waals surface area (Å²) in [6.45, 7) is 5.24. The van der Waals surface area contributed by atoms with E-state index in [0.29, 0.717) is 6.61 Å². The quantitative estimate of drug-likeness (QED) is 0.645. The van der Waals surface area contributed by atoms with Crippen molar-refractivity contribution in [2.24, 2.45) is 11.7 Å². The maximum absolute atomic E-state index is 11.4. The molecule has 13 heavy (non-hydrogen) atoms. The fourth-order valence-electron chi connectivity index (χ4n) is 1.25. The number of carbonyl (C=O) groups excluding carboxylic acids is 1. The lowest BCUT2D eigenvalue weighted by Gasteiger charge is -2.18. The highest BCUT2D eigenvalue weighted by Gasteiger charge is 2.22. The van der Waals surface area contributed by atoms with Crippen LogP contribution >= 0.6 is 0 Å². The molecular weight excluding hydrogens is 168 g/mol. The predicted octanol–water partition coefficient (Wildman–Crippen LogP) is -0.125. The Hall–Kier alpha value is -0.610. The monoisotopic (exact) mass is 186 g/mol. The summed E-state index contributed by atoms with van der Waals surface area (Å²) in [6.07, 6.45) is 0.899. The smallest absolute Gasteiger partial charge is 0.237 e. The van der Waals surface area contributed by atoms with E-state index in [-0.39, 0.29) is 17.9 Å². The van der Waals surface area contributed by atoms with Crippen LogP contribution in [0, 0.1) is 5.92 Å². The number of nitrogens with two attached hydrogens (primary N) is 1. The average Bonchev–Trinajstić information content (AvgIpc) is 2.55. The molecule has 4 nitrogen and oxygen atoms in total. The van der Waals surface area contributed by atoms with E-state index in [2.05, 4.69) is 5.32 Å². The van der Waals surface area contributed by atoms with E-state index in [0.717, 1.165) is 13.0 Å². The van der Waals surface area contributed by atoms with Crippen molar-refractivity contribution in [2.45, 2.75) is 32.4 Å². The molecule has 0 aliphatic carbocycles. The van der Waals surface area contributed by atoms with E-state index in [4.69, 9.17) is 10.5 Å². The van der Waals surface area contributed by atoms with Gasteiger partial charge in [0.2, 0.25) is 5.91 Å². The molecule has 0 aromatic carbocycles. The molecule has 1 saturated heterocycles. The third-order valence-corrected chi connectivity index (χ3v) is 2.30. The van der Waals surface area contributed by atoms with Gasteiger partial charge in [0.1, 0.15) is 0 Å². The summed E-state index contributed by atoms with van der Waals surface area (Å²) in [7, 11) is 0. The van der Waals surface area contributed by atoms with Crippen LogP contribution in [0.2, 0.25) is 0 Å². The van der Waals surface area contributed by atoms with Gasteiger partial charge in [-0.05, 0) is 12.3 Å². The molecule has 4 heteroatoms. The highest BCUT2D eigenvalue weighted by molar-refractivity contribution is 5.82. The lowest BCUT2D eigenvalue weighted by molar-refractivity contribution is -0.123. The Bertz CT molecular complexity index is 176. The molecule has 0 bridgehead atoms. The van der Waals surface area contributed by atoms with Crippen LogP contribution in [-0.4, -0.2) is 31.2 Å². The lowest BCUT2D eigenvalue weighted by atomic mass is 10.0. The van der Waals surface area contributed by atoms with E-state index >= 15 is 0 Å². The van der Waals surface area contributed by atoms with Gasteiger partial charge in [0.15, 0.2) is 0 Å². The number of amides is 1. The first-order chi connectivity index (χ1) is 6.11. The minimum atomic E-state index is -0.402. The van der Waals surface area contributed by atoms with E-state index in [1.807, 2.05) is 13.8 Å². The molecule has 2 atom stereocenters. The van der Waals surface area contributed by atoms with Crippen LogP contribution in [0.3, 0.4) is 0 Å². The first-order valence-electron chi connectivity index (χ1n) is 4.75. The third-order valence-electron chi connectivity index (χ3n) is 2.30. The second kappa shape index (κ2) is 4.58. The predicted molar refractivity (Wildman–Crippen MR) is 50.2 cm³/mol. The van der Waals surface area contributed by atoms with Crippen molar-refractivity contribution in [3.8, 4) is 0 Å². The summed E-state index contributed by atoms with van der Waals surface area (Å²) in [5, 5.41) is 2.87. The highest BCUT2D eigenvalue weighted by atomic mass is 16.5. The molecule has 0 radical (unpaired) electrons. The van der Waals surface area contributed by atoms with E-state index < -0.39 is 6.04 Å². The maximum atomic E-state index is 11.4. The van der Waals surface area contributed by atoms with Gasteiger partial charge in [0.25, 0.3) is 0 Å². The van der Waals surface area contributed by atoms with Crippen molar-refractivity contribution >= 4 is 5.91 Å². The molecule has 0 aromatic rings. The van der Waals surface area contributed by atoms with Crippen LogP contribution in [-0.2, 0) is 9.53 Å². The summed E-state index contributed by atoms with van der Waals surface area (Å²) in [4.78, 5) is 11.4. The van der Waals surface area contributed by atoms with E-state index in [1.165, 1.54) is 0 Å². The zero-order valence-corrected chi connectivity index (χ0v) is 8.25. The minimum absolute atomic E-state index is 0.0644. The second-order valence-corrected chi connectivity index (χ2v) is 3.84. The van der Waals surface area contributed by atoms with E-state index in [1.54, 1.807) is 0 Å².